The molecule has 0 fully saturated rings. The Morgan fingerprint density at radius 1 is 0.939 bits per heavy atom. The number of methoxy groups -OCH3 is 1. The number of hydrazone groups is 1. The van der Waals surface area contributed by atoms with E-state index >= 15 is 0 Å². The maximum Gasteiger partial charge on any atom is 0.343 e. The van der Waals surface area contributed by atoms with Crippen LogP contribution in [-0.4, -0.2) is 31.1 Å². The maximum absolute atomic E-state index is 13.6. The molecule has 168 valence electrons. The number of aryl methyl sites for hydroxylation is 1. The van der Waals surface area contributed by atoms with Gasteiger partial charge in [-0.25, -0.2) is 14.6 Å². The van der Waals surface area contributed by atoms with Crippen LogP contribution in [0.1, 0.15) is 21.5 Å². The van der Waals surface area contributed by atoms with Gasteiger partial charge in [-0.3, -0.25) is 9.59 Å². The van der Waals surface area contributed by atoms with Gasteiger partial charge in [-0.05, 0) is 54.4 Å². The number of benzene rings is 3. The highest BCUT2D eigenvalue weighted by atomic mass is 19.1. The van der Waals surface area contributed by atoms with Crippen LogP contribution < -0.4 is 20.2 Å². The Hall–Kier alpha value is -4.53. The van der Waals surface area contributed by atoms with Crippen molar-refractivity contribution in [1.29, 1.82) is 0 Å². The van der Waals surface area contributed by atoms with Gasteiger partial charge in [0, 0.05) is 0 Å². The molecule has 0 aliphatic heterocycles. The second kappa shape index (κ2) is 10.7. The molecule has 33 heavy (non-hydrogen) atoms. The molecular weight excluding hydrogens is 429 g/mol. The van der Waals surface area contributed by atoms with Crippen molar-refractivity contribution in [3.05, 3.63) is 89.2 Å². The van der Waals surface area contributed by atoms with Crippen molar-refractivity contribution in [3.63, 3.8) is 0 Å². The summed E-state index contributed by atoms with van der Waals surface area (Å²) in [5.41, 5.74) is 3.64. The number of amides is 2. The van der Waals surface area contributed by atoms with Crippen LogP contribution in [0.4, 0.5) is 10.1 Å². The van der Waals surface area contributed by atoms with Gasteiger partial charge in [0.05, 0.1) is 24.6 Å². The minimum atomic E-state index is -1.08. The number of halogens is 1. The van der Waals surface area contributed by atoms with E-state index in [2.05, 4.69) is 15.8 Å². The van der Waals surface area contributed by atoms with Crippen molar-refractivity contribution in [2.75, 3.05) is 12.4 Å². The van der Waals surface area contributed by atoms with E-state index in [4.69, 9.17) is 9.47 Å². The number of carbonyl (C=O) groups excluding carboxylic acids is 3. The summed E-state index contributed by atoms with van der Waals surface area (Å²) in [6, 6.07) is 17.1. The van der Waals surface area contributed by atoms with E-state index in [0.29, 0.717) is 11.1 Å². The highest BCUT2D eigenvalue weighted by Gasteiger charge is 2.16. The number of hydrogen-bond acceptors (Lipinski definition) is 6. The molecule has 9 heteroatoms. The molecule has 3 aromatic rings. The minimum absolute atomic E-state index is 0.123. The van der Waals surface area contributed by atoms with Crippen molar-refractivity contribution < 1.29 is 28.2 Å². The Labute approximate surface area is 189 Å². The van der Waals surface area contributed by atoms with Crippen LogP contribution in [0.25, 0.3) is 0 Å². The van der Waals surface area contributed by atoms with E-state index in [9.17, 15) is 18.8 Å². The normalized spacial score (nSPS) is 10.5. The second-order valence-electron chi connectivity index (χ2n) is 6.75. The molecule has 2 amide bonds. The van der Waals surface area contributed by atoms with Crippen molar-refractivity contribution >= 4 is 29.7 Å². The zero-order valence-corrected chi connectivity index (χ0v) is 17.8. The zero-order chi connectivity index (χ0) is 23.8. The highest BCUT2D eigenvalue weighted by Crippen LogP contribution is 2.28. The number of esters is 1. The first-order chi connectivity index (χ1) is 15.9. The summed E-state index contributed by atoms with van der Waals surface area (Å²) in [7, 11) is 1.41. The molecule has 0 spiro atoms. The molecule has 0 aromatic heterocycles. The van der Waals surface area contributed by atoms with E-state index in [1.54, 1.807) is 31.2 Å². The predicted octanol–water partition coefficient (Wildman–Crippen LogP) is 3.45. The number of nitrogens with one attached hydrogen (secondary N) is 2. The third kappa shape index (κ3) is 6.01. The van der Waals surface area contributed by atoms with Crippen molar-refractivity contribution in [2.24, 2.45) is 5.10 Å². The van der Waals surface area contributed by atoms with Crippen LogP contribution in [0.5, 0.6) is 11.5 Å². The average Bonchev–Trinajstić information content (AvgIpc) is 2.81. The fraction of sp³-hybridized carbons (Fsp3) is 0.0833. The minimum Gasteiger partial charge on any atom is -0.493 e. The molecule has 3 rings (SSSR count). The molecule has 8 nitrogen and oxygen atoms in total. The number of hydrogen-bond donors (Lipinski definition) is 2. The van der Waals surface area contributed by atoms with E-state index in [0.717, 1.165) is 11.6 Å². The topological polar surface area (TPSA) is 106 Å². The number of nitrogens with zero attached hydrogens (tertiary/aromatic N) is 1. The predicted molar refractivity (Wildman–Crippen MR) is 120 cm³/mol. The summed E-state index contributed by atoms with van der Waals surface area (Å²) in [5.74, 6) is -2.88. The third-order valence-corrected chi connectivity index (χ3v) is 4.46. The summed E-state index contributed by atoms with van der Waals surface area (Å²) >= 11 is 0. The van der Waals surface area contributed by atoms with Gasteiger partial charge in [-0.15, -0.1) is 0 Å². The smallest absolute Gasteiger partial charge is 0.343 e. The van der Waals surface area contributed by atoms with Gasteiger partial charge in [0.25, 0.3) is 0 Å². The quantitative estimate of drug-likeness (QED) is 0.197. The molecule has 0 heterocycles. The van der Waals surface area contributed by atoms with Gasteiger partial charge in [0.1, 0.15) is 5.82 Å². The van der Waals surface area contributed by atoms with Gasteiger partial charge in [-0.2, -0.15) is 5.10 Å². The molecule has 0 radical (unpaired) electrons. The summed E-state index contributed by atoms with van der Waals surface area (Å²) < 4.78 is 24.3. The molecule has 3 aromatic carbocycles. The summed E-state index contributed by atoms with van der Waals surface area (Å²) in [5, 5.41) is 5.86. The van der Waals surface area contributed by atoms with Crippen LogP contribution in [0, 0.1) is 12.7 Å². The monoisotopic (exact) mass is 449 g/mol. The Morgan fingerprint density at radius 3 is 2.39 bits per heavy atom. The first-order valence-corrected chi connectivity index (χ1v) is 9.74. The Balaban J connectivity index is 1.62. The lowest BCUT2D eigenvalue weighted by molar-refractivity contribution is -0.136. The van der Waals surface area contributed by atoms with Crippen molar-refractivity contribution in [3.8, 4) is 11.5 Å². The number of para-hydroxylation sites is 1. The van der Waals surface area contributed by atoms with Gasteiger partial charge in [0.15, 0.2) is 11.5 Å². The van der Waals surface area contributed by atoms with Crippen LogP contribution in [0.3, 0.4) is 0 Å². The number of anilines is 1. The summed E-state index contributed by atoms with van der Waals surface area (Å²) in [4.78, 5) is 36.2. The molecule has 0 aliphatic carbocycles. The molecule has 0 saturated carbocycles. The lowest BCUT2D eigenvalue weighted by Gasteiger charge is -2.11. The molecule has 0 aliphatic rings. The van der Waals surface area contributed by atoms with E-state index < -0.39 is 23.6 Å². The molecule has 0 unspecified atom stereocenters. The number of ether oxygens (including phenoxy) is 2. The largest absolute Gasteiger partial charge is 0.493 e. The van der Waals surface area contributed by atoms with Gasteiger partial charge in [-0.1, -0.05) is 30.3 Å². The fourth-order valence-electron chi connectivity index (χ4n) is 2.76. The van der Waals surface area contributed by atoms with Crippen LogP contribution >= 0.6 is 0 Å². The fourth-order valence-corrected chi connectivity index (χ4v) is 2.76. The number of carbonyl (C=O) groups is 3. The van der Waals surface area contributed by atoms with E-state index in [1.165, 1.54) is 43.7 Å². The first kappa shape index (κ1) is 23.1. The SMILES string of the molecule is COc1cc(/C=N/NC(=O)C(=O)Nc2ccccc2F)ccc1OC(=O)c1ccccc1C. The zero-order valence-electron chi connectivity index (χ0n) is 17.8. The van der Waals surface area contributed by atoms with E-state index in [-0.39, 0.29) is 17.2 Å². The van der Waals surface area contributed by atoms with Gasteiger partial charge < -0.3 is 14.8 Å². The molecule has 0 saturated heterocycles. The van der Waals surface area contributed by atoms with E-state index in [1.807, 2.05) is 6.07 Å². The lowest BCUT2D eigenvalue weighted by Crippen LogP contribution is -2.32. The molecular formula is C24H20FN3O5. The average molecular weight is 449 g/mol. The maximum atomic E-state index is 13.6. The first-order valence-electron chi connectivity index (χ1n) is 9.74. The lowest BCUT2D eigenvalue weighted by atomic mass is 10.1. The third-order valence-electron chi connectivity index (χ3n) is 4.46. The van der Waals surface area contributed by atoms with Gasteiger partial charge in [0.2, 0.25) is 0 Å². The Kier molecular flexibility index (Phi) is 7.48. The molecule has 2 N–H and O–H groups in total. The molecule has 0 bridgehead atoms. The standard InChI is InChI=1S/C24H20FN3O5/c1-15-7-3-4-8-17(15)24(31)33-20-12-11-16(13-21(20)32-2)14-26-28-23(30)22(29)27-19-10-6-5-9-18(19)25/h3-14H,1-2H3,(H,27,29)(H,28,30)/b26-14+. The van der Waals surface area contributed by atoms with Crippen LogP contribution in [-0.2, 0) is 9.59 Å². The Morgan fingerprint density at radius 2 is 1.67 bits per heavy atom. The number of rotatable bonds is 6. The van der Waals surface area contributed by atoms with Crippen molar-refractivity contribution in [1.82, 2.24) is 5.43 Å². The van der Waals surface area contributed by atoms with Gasteiger partial charge >= 0.3 is 17.8 Å². The van der Waals surface area contributed by atoms with Crippen LogP contribution in [0.2, 0.25) is 0 Å². The highest BCUT2D eigenvalue weighted by molar-refractivity contribution is 6.39. The second-order valence-corrected chi connectivity index (χ2v) is 6.75. The van der Waals surface area contributed by atoms with Crippen molar-refractivity contribution in [2.45, 2.75) is 6.92 Å². The molecule has 0 atom stereocenters. The summed E-state index contributed by atoms with van der Waals surface area (Å²) in [6.07, 6.45) is 1.27. The van der Waals surface area contributed by atoms with Crippen LogP contribution in [0.15, 0.2) is 71.8 Å². The summed E-state index contributed by atoms with van der Waals surface area (Å²) in [6.45, 7) is 1.80. The Bertz CT molecular complexity index is 1230.